The van der Waals surface area contributed by atoms with Crippen molar-refractivity contribution < 1.29 is 15.3 Å². The van der Waals surface area contributed by atoms with Gasteiger partial charge in [0, 0.05) is 11.3 Å². The molecule has 0 heterocycles. The highest BCUT2D eigenvalue weighted by atomic mass is 35.5. The van der Waals surface area contributed by atoms with Crippen LogP contribution >= 0.6 is 11.6 Å². The fraction of sp³-hybridized carbons (Fsp3) is 0.800. The number of rotatable bonds is 11. The first kappa shape index (κ1) is 21.7. The van der Waals surface area contributed by atoms with Crippen molar-refractivity contribution in [3.63, 3.8) is 0 Å². The molecule has 0 aromatic rings. The van der Waals surface area contributed by atoms with E-state index in [-0.39, 0.29) is 23.3 Å². The molecule has 3 N–H and O–H groups in total. The minimum absolute atomic E-state index is 0.00902. The van der Waals surface area contributed by atoms with Crippen LogP contribution in [0.1, 0.15) is 65.2 Å². The van der Waals surface area contributed by atoms with Gasteiger partial charge in [-0.15, -0.1) is 11.6 Å². The Hall–Kier alpha value is -0.350. The molecule has 1 aliphatic carbocycles. The first-order valence-electron chi connectivity index (χ1n) is 9.47. The minimum atomic E-state index is -0.522. The average molecular weight is 359 g/mol. The second-order valence-electron chi connectivity index (χ2n) is 7.14. The zero-order chi connectivity index (χ0) is 17.9. The molecule has 24 heavy (non-hydrogen) atoms. The Balaban J connectivity index is 2.49. The monoisotopic (exact) mass is 358 g/mol. The van der Waals surface area contributed by atoms with Crippen molar-refractivity contribution in [2.24, 2.45) is 11.8 Å². The number of halogens is 1. The third-order valence-electron chi connectivity index (χ3n) is 4.85. The van der Waals surface area contributed by atoms with Crippen molar-refractivity contribution in [2.45, 2.75) is 88.9 Å². The summed E-state index contributed by atoms with van der Waals surface area (Å²) in [4.78, 5) is 0. The molecule has 1 rings (SSSR count). The number of alkyl halides is 1. The van der Waals surface area contributed by atoms with E-state index in [1.54, 1.807) is 13.0 Å². The van der Waals surface area contributed by atoms with Crippen LogP contribution in [0.15, 0.2) is 24.3 Å². The van der Waals surface area contributed by atoms with Crippen molar-refractivity contribution in [1.29, 1.82) is 0 Å². The molecule has 0 aromatic carbocycles. The fourth-order valence-corrected chi connectivity index (χ4v) is 3.79. The molecule has 0 aromatic heterocycles. The van der Waals surface area contributed by atoms with Crippen LogP contribution in [0.2, 0.25) is 0 Å². The molecular formula is C20H35ClO3. The highest BCUT2D eigenvalue weighted by Crippen LogP contribution is 2.39. The summed E-state index contributed by atoms with van der Waals surface area (Å²) in [6.45, 7) is 3.94. The van der Waals surface area contributed by atoms with Gasteiger partial charge in [0.1, 0.15) is 0 Å². The van der Waals surface area contributed by atoms with Gasteiger partial charge < -0.3 is 15.3 Å². The van der Waals surface area contributed by atoms with Crippen LogP contribution in [0.3, 0.4) is 0 Å². The minimum Gasteiger partial charge on any atom is -0.393 e. The summed E-state index contributed by atoms with van der Waals surface area (Å²) in [5.74, 6) is 0.232. The molecule has 140 valence electrons. The second-order valence-corrected chi connectivity index (χ2v) is 7.70. The van der Waals surface area contributed by atoms with E-state index in [1.807, 2.05) is 6.08 Å². The number of aliphatic hydroxyl groups excluding tert-OH is 3. The third-order valence-corrected chi connectivity index (χ3v) is 5.35. The van der Waals surface area contributed by atoms with Gasteiger partial charge in [0.15, 0.2) is 0 Å². The van der Waals surface area contributed by atoms with E-state index in [9.17, 15) is 15.3 Å². The number of allylic oxidation sites excluding steroid dienone is 2. The van der Waals surface area contributed by atoms with E-state index in [0.29, 0.717) is 19.3 Å². The van der Waals surface area contributed by atoms with E-state index >= 15 is 0 Å². The number of aliphatic hydroxyl groups is 3. The van der Waals surface area contributed by atoms with Gasteiger partial charge in [-0.3, -0.25) is 0 Å². The van der Waals surface area contributed by atoms with E-state index in [2.05, 4.69) is 19.1 Å². The predicted molar refractivity (Wildman–Crippen MR) is 101 cm³/mol. The van der Waals surface area contributed by atoms with Crippen molar-refractivity contribution in [1.82, 2.24) is 0 Å². The molecule has 0 bridgehead atoms. The van der Waals surface area contributed by atoms with Gasteiger partial charge >= 0.3 is 0 Å². The number of hydrogen-bond donors (Lipinski definition) is 3. The van der Waals surface area contributed by atoms with Gasteiger partial charge in [0.05, 0.1) is 18.3 Å². The van der Waals surface area contributed by atoms with Crippen LogP contribution in [-0.2, 0) is 0 Å². The highest BCUT2D eigenvalue weighted by molar-refractivity contribution is 6.21. The summed E-state index contributed by atoms with van der Waals surface area (Å²) in [6.07, 6.45) is 14.0. The quantitative estimate of drug-likeness (QED) is 0.295. The van der Waals surface area contributed by atoms with Crippen LogP contribution < -0.4 is 0 Å². The smallest absolute Gasteiger partial charge is 0.0721 e. The lowest BCUT2D eigenvalue weighted by Crippen LogP contribution is -2.19. The third kappa shape index (κ3) is 8.15. The van der Waals surface area contributed by atoms with Crippen LogP contribution in [0.5, 0.6) is 0 Å². The lowest BCUT2D eigenvalue weighted by Gasteiger charge is -2.19. The topological polar surface area (TPSA) is 60.7 Å². The summed E-state index contributed by atoms with van der Waals surface area (Å²) < 4.78 is 0. The summed E-state index contributed by atoms with van der Waals surface area (Å²) >= 11 is 6.42. The maximum absolute atomic E-state index is 10.3. The molecule has 0 aliphatic heterocycles. The Morgan fingerprint density at radius 2 is 1.92 bits per heavy atom. The molecule has 1 aliphatic rings. The maximum atomic E-state index is 10.3. The van der Waals surface area contributed by atoms with Crippen LogP contribution in [0, 0.1) is 11.8 Å². The number of unbranched alkanes of at least 4 members (excludes halogenated alkanes) is 2. The van der Waals surface area contributed by atoms with Gasteiger partial charge in [0.25, 0.3) is 0 Å². The first-order valence-corrected chi connectivity index (χ1v) is 9.90. The second kappa shape index (κ2) is 12.1. The zero-order valence-electron chi connectivity index (χ0n) is 15.1. The molecule has 6 atom stereocenters. The molecule has 1 saturated carbocycles. The zero-order valence-corrected chi connectivity index (χ0v) is 15.9. The Morgan fingerprint density at radius 1 is 1.17 bits per heavy atom. The first-order chi connectivity index (χ1) is 11.5. The summed E-state index contributed by atoms with van der Waals surface area (Å²) in [5.41, 5.74) is 0. The highest BCUT2D eigenvalue weighted by Gasteiger charge is 2.39. The standard InChI is InChI=1S/C20H35ClO3/c1-3-4-5-6-7-11-17-18(20(24)14-19(17)21)13-12-16(23)10-8-9-15(2)22/h6-7,12-13,15-20,22-24H,3-5,8-11,14H2,1-2H3. The van der Waals surface area contributed by atoms with Crippen molar-refractivity contribution in [2.75, 3.05) is 0 Å². The van der Waals surface area contributed by atoms with E-state index in [1.165, 1.54) is 12.8 Å². The van der Waals surface area contributed by atoms with Crippen molar-refractivity contribution in [3.8, 4) is 0 Å². The average Bonchev–Trinajstić information content (AvgIpc) is 2.78. The Morgan fingerprint density at radius 3 is 2.58 bits per heavy atom. The normalized spacial score (nSPS) is 30.4. The largest absolute Gasteiger partial charge is 0.393 e. The Labute approximate surface area is 152 Å². The van der Waals surface area contributed by atoms with Gasteiger partial charge in [-0.05, 0) is 51.4 Å². The summed E-state index contributed by atoms with van der Waals surface area (Å²) in [5, 5.41) is 29.5. The number of hydrogen-bond acceptors (Lipinski definition) is 3. The molecule has 1 fully saturated rings. The lowest BCUT2D eigenvalue weighted by molar-refractivity contribution is 0.140. The lowest BCUT2D eigenvalue weighted by atomic mass is 9.90. The van der Waals surface area contributed by atoms with Crippen LogP contribution in [0.4, 0.5) is 0 Å². The fourth-order valence-electron chi connectivity index (χ4n) is 3.33. The molecule has 6 unspecified atom stereocenters. The van der Waals surface area contributed by atoms with Gasteiger partial charge in [-0.25, -0.2) is 0 Å². The van der Waals surface area contributed by atoms with Gasteiger partial charge in [-0.1, -0.05) is 44.1 Å². The van der Waals surface area contributed by atoms with Gasteiger partial charge in [0.2, 0.25) is 0 Å². The molecule has 0 saturated heterocycles. The molecular weight excluding hydrogens is 324 g/mol. The van der Waals surface area contributed by atoms with Crippen molar-refractivity contribution >= 4 is 11.6 Å². The Bertz CT molecular complexity index is 381. The van der Waals surface area contributed by atoms with E-state index in [4.69, 9.17) is 11.6 Å². The molecule has 3 nitrogen and oxygen atoms in total. The van der Waals surface area contributed by atoms with Crippen LogP contribution in [0.25, 0.3) is 0 Å². The molecule has 0 amide bonds. The van der Waals surface area contributed by atoms with Crippen LogP contribution in [-0.4, -0.2) is 39.0 Å². The summed E-state index contributed by atoms with van der Waals surface area (Å²) in [6, 6.07) is 0. The van der Waals surface area contributed by atoms with E-state index < -0.39 is 12.2 Å². The van der Waals surface area contributed by atoms with E-state index in [0.717, 1.165) is 19.3 Å². The predicted octanol–water partition coefficient (Wildman–Crippen LogP) is 4.20. The summed E-state index contributed by atoms with van der Waals surface area (Å²) in [7, 11) is 0. The Kier molecular flexibility index (Phi) is 10.9. The molecule has 4 heteroatoms. The maximum Gasteiger partial charge on any atom is 0.0721 e. The molecule has 0 radical (unpaired) electrons. The van der Waals surface area contributed by atoms with Gasteiger partial charge in [-0.2, -0.15) is 0 Å². The van der Waals surface area contributed by atoms with Crippen molar-refractivity contribution in [3.05, 3.63) is 24.3 Å². The molecule has 0 spiro atoms. The SMILES string of the molecule is CCCCC=CCC1C(Cl)CC(O)C1C=CC(O)CCCC(C)O.